The molecule has 3 nitrogen and oxygen atoms in total. The van der Waals surface area contributed by atoms with Gasteiger partial charge in [0.25, 0.3) is 0 Å². The SMILES string of the molecule is C=COC(C)OC(C)OCC(C)Cl. The molecule has 0 heterocycles. The Kier molecular flexibility index (Phi) is 7.04. The minimum absolute atomic E-state index is 0.0123. The Morgan fingerprint density at radius 1 is 1.31 bits per heavy atom. The molecule has 0 fully saturated rings. The Bertz CT molecular complexity index is 139. The fourth-order valence-electron chi connectivity index (χ4n) is 0.745. The highest BCUT2D eigenvalue weighted by Gasteiger charge is 2.09. The van der Waals surface area contributed by atoms with Gasteiger partial charge in [0, 0.05) is 0 Å². The van der Waals surface area contributed by atoms with Crippen molar-refractivity contribution < 1.29 is 14.2 Å². The van der Waals surface area contributed by atoms with E-state index in [2.05, 4.69) is 6.58 Å². The van der Waals surface area contributed by atoms with Crippen molar-refractivity contribution in [2.24, 2.45) is 0 Å². The zero-order valence-corrected chi connectivity index (χ0v) is 9.08. The van der Waals surface area contributed by atoms with Crippen LogP contribution in [0.5, 0.6) is 0 Å². The van der Waals surface area contributed by atoms with E-state index < -0.39 is 0 Å². The molecule has 0 rings (SSSR count). The molecule has 0 aromatic heterocycles. The Morgan fingerprint density at radius 3 is 2.38 bits per heavy atom. The molecule has 0 bridgehead atoms. The van der Waals surface area contributed by atoms with Crippen molar-refractivity contribution in [3.8, 4) is 0 Å². The predicted octanol–water partition coefficient (Wildman–Crippen LogP) is 2.50. The molecular weight excluding hydrogens is 192 g/mol. The maximum atomic E-state index is 5.69. The van der Waals surface area contributed by atoms with E-state index >= 15 is 0 Å². The van der Waals surface area contributed by atoms with Crippen molar-refractivity contribution in [1.82, 2.24) is 0 Å². The van der Waals surface area contributed by atoms with Crippen LogP contribution in [0.25, 0.3) is 0 Å². The Hall–Kier alpha value is -0.250. The number of ether oxygens (including phenoxy) is 3. The van der Waals surface area contributed by atoms with E-state index in [-0.39, 0.29) is 18.0 Å². The molecule has 0 aromatic rings. The third kappa shape index (κ3) is 8.09. The molecule has 78 valence electrons. The quantitative estimate of drug-likeness (QED) is 0.366. The van der Waals surface area contributed by atoms with Crippen LogP contribution in [-0.4, -0.2) is 24.6 Å². The van der Waals surface area contributed by atoms with E-state index in [1.165, 1.54) is 6.26 Å². The van der Waals surface area contributed by atoms with Crippen LogP contribution in [0.3, 0.4) is 0 Å². The molecule has 0 aromatic carbocycles. The van der Waals surface area contributed by atoms with Gasteiger partial charge in [0.1, 0.15) is 0 Å². The maximum absolute atomic E-state index is 5.69. The molecule has 4 heteroatoms. The van der Waals surface area contributed by atoms with Crippen molar-refractivity contribution in [1.29, 1.82) is 0 Å². The van der Waals surface area contributed by atoms with Crippen LogP contribution in [0.2, 0.25) is 0 Å². The van der Waals surface area contributed by atoms with E-state index in [9.17, 15) is 0 Å². The average Bonchev–Trinajstić information content (AvgIpc) is 2.01. The van der Waals surface area contributed by atoms with Crippen molar-refractivity contribution in [3.05, 3.63) is 12.8 Å². The van der Waals surface area contributed by atoms with Gasteiger partial charge in [-0.2, -0.15) is 0 Å². The molecule has 0 amide bonds. The second-order valence-corrected chi connectivity index (χ2v) is 3.43. The summed E-state index contributed by atoms with van der Waals surface area (Å²) < 4.78 is 15.5. The second-order valence-electron chi connectivity index (χ2n) is 2.69. The first kappa shape index (κ1) is 12.8. The molecular formula is C9H17ClO3. The van der Waals surface area contributed by atoms with Gasteiger partial charge in [-0.15, -0.1) is 11.6 Å². The third-order valence-electron chi connectivity index (χ3n) is 1.23. The number of alkyl halides is 1. The first-order valence-electron chi connectivity index (χ1n) is 4.23. The topological polar surface area (TPSA) is 27.7 Å². The fraction of sp³-hybridized carbons (Fsp3) is 0.778. The van der Waals surface area contributed by atoms with Crippen LogP contribution in [0.4, 0.5) is 0 Å². The Morgan fingerprint density at radius 2 is 1.92 bits per heavy atom. The number of hydrogen-bond acceptors (Lipinski definition) is 3. The van der Waals surface area contributed by atoms with Crippen LogP contribution in [0.1, 0.15) is 20.8 Å². The highest BCUT2D eigenvalue weighted by Crippen LogP contribution is 2.03. The van der Waals surface area contributed by atoms with Crippen LogP contribution < -0.4 is 0 Å². The summed E-state index contributed by atoms with van der Waals surface area (Å²) in [5, 5.41) is -0.0123. The summed E-state index contributed by atoms with van der Waals surface area (Å²) in [4.78, 5) is 0. The minimum Gasteiger partial charge on any atom is -0.473 e. The smallest absolute Gasteiger partial charge is 0.198 e. The summed E-state index contributed by atoms with van der Waals surface area (Å²) in [6.07, 6.45) is 0.663. The monoisotopic (exact) mass is 208 g/mol. The van der Waals surface area contributed by atoms with Crippen LogP contribution in [0.15, 0.2) is 12.8 Å². The van der Waals surface area contributed by atoms with Crippen LogP contribution in [0, 0.1) is 0 Å². The highest BCUT2D eigenvalue weighted by atomic mass is 35.5. The minimum atomic E-state index is -0.349. The fourth-order valence-corrected chi connectivity index (χ4v) is 0.818. The largest absolute Gasteiger partial charge is 0.473 e. The van der Waals surface area contributed by atoms with Gasteiger partial charge in [-0.05, 0) is 20.8 Å². The lowest BCUT2D eigenvalue weighted by atomic mass is 10.5. The molecule has 0 radical (unpaired) electrons. The Balaban J connectivity index is 3.48. The van der Waals surface area contributed by atoms with Gasteiger partial charge in [0.05, 0.1) is 18.2 Å². The lowest BCUT2D eigenvalue weighted by Crippen LogP contribution is -2.23. The summed E-state index contributed by atoms with van der Waals surface area (Å²) in [6.45, 7) is 9.30. The summed E-state index contributed by atoms with van der Waals surface area (Å²) in [5.41, 5.74) is 0. The van der Waals surface area contributed by atoms with Crippen molar-refractivity contribution in [3.63, 3.8) is 0 Å². The van der Waals surface area contributed by atoms with Crippen molar-refractivity contribution in [2.75, 3.05) is 6.61 Å². The normalized spacial score (nSPS) is 17.5. The molecule has 13 heavy (non-hydrogen) atoms. The zero-order chi connectivity index (χ0) is 10.3. The molecule has 0 spiro atoms. The maximum Gasteiger partial charge on any atom is 0.198 e. The average molecular weight is 209 g/mol. The lowest BCUT2D eigenvalue weighted by Gasteiger charge is -2.19. The van der Waals surface area contributed by atoms with Gasteiger partial charge >= 0.3 is 0 Å². The molecule has 0 N–H and O–H groups in total. The van der Waals surface area contributed by atoms with E-state index in [0.717, 1.165) is 0 Å². The standard InChI is InChI=1S/C9H17ClO3/c1-5-11-8(3)13-9(4)12-6-7(2)10/h5,7-9H,1,6H2,2-4H3. The van der Waals surface area contributed by atoms with E-state index in [4.69, 9.17) is 25.8 Å². The van der Waals surface area contributed by atoms with Gasteiger partial charge in [-0.3, -0.25) is 0 Å². The molecule has 0 aliphatic carbocycles. The molecule has 3 unspecified atom stereocenters. The number of hydrogen-bond donors (Lipinski definition) is 0. The van der Waals surface area contributed by atoms with Crippen molar-refractivity contribution in [2.45, 2.75) is 38.7 Å². The van der Waals surface area contributed by atoms with Gasteiger partial charge < -0.3 is 14.2 Å². The molecule has 3 atom stereocenters. The van der Waals surface area contributed by atoms with Gasteiger partial charge in [-0.25, -0.2) is 0 Å². The van der Waals surface area contributed by atoms with Crippen molar-refractivity contribution >= 4 is 11.6 Å². The summed E-state index contributed by atoms with van der Waals surface area (Å²) in [6, 6.07) is 0. The number of halogens is 1. The molecule has 0 saturated heterocycles. The van der Waals surface area contributed by atoms with E-state index in [1.54, 1.807) is 13.8 Å². The van der Waals surface area contributed by atoms with Gasteiger partial charge in [0.15, 0.2) is 12.6 Å². The first-order valence-corrected chi connectivity index (χ1v) is 4.67. The molecule has 0 aliphatic rings. The number of rotatable bonds is 7. The third-order valence-corrected chi connectivity index (χ3v) is 1.36. The predicted molar refractivity (Wildman–Crippen MR) is 52.6 cm³/mol. The summed E-state index contributed by atoms with van der Waals surface area (Å²) in [7, 11) is 0. The molecule has 0 aliphatic heterocycles. The van der Waals surface area contributed by atoms with Crippen LogP contribution >= 0.6 is 11.6 Å². The lowest BCUT2D eigenvalue weighted by molar-refractivity contribution is -0.214. The van der Waals surface area contributed by atoms with Gasteiger partial charge in [0.2, 0.25) is 0 Å². The van der Waals surface area contributed by atoms with E-state index in [0.29, 0.717) is 6.61 Å². The summed E-state index contributed by atoms with van der Waals surface area (Å²) >= 11 is 5.69. The zero-order valence-electron chi connectivity index (χ0n) is 8.33. The second kappa shape index (κ2) is 7.18. The molecule has 0 saturated carbocycles. The Labute approximate surface area is 84.6 Å². The highest BCUT2D eigenvalue weighted by molar-refractivity contribution is 6.20. The van der Waals surface area contributed by atoms with Crippen LogP contribution in [-0.2, 0) is 14.2 Å². The van der Waals surface area contributed by atoms with Gasteiger partial charge in [-0.1, -0.05) is 6.58 Å². The first-order chi connectivity index (χ1) is 6.06. The van der Waals surface area contributed by atoms with E-state index in [1.807, 2.05) is 6.92 Å². The summed E-state index contributed by atoms with van der Waals surface area (Å²) in [5.74, 6) is 0.